The second-order valence-electron chi connectivity index (χ2n) is 6.27. The topological polar surface area (TPSA) is 76.3 Å². The molecule has 1 aromatic carbocycles. The van der Waals surface area contributed by atoms with E-state index < -0.39 is 10.0 Å². The number of aromatic nitrogens is 2. The van der Waals surface area contributed by atoms with E-state index in [2.05, 4.69) is 15.7 Å². The van der Waals surface area contributed by atoms with Gasteiger partial charge in [-0.15, -0.1) is 0 Å². The van der Waals surface area contributed by atoms with Gasteiger partial charge in [0.25, 0.3) is 0 Å². The maximum atomic E-state index is 12.9. The van der Waals surface area contributed by atoms with E-state index in [9.17, 15) is 8.42 Å². The Hall–Kier alpha value is -1.77. The van der Waals surface area contributed by atoms with Crippen molar-refractivity contribution in [3.63, 3.8) is 0 Å². The van der Waals surface area contributed by atoms with Crippen LogP contribution in [0.25, 0.3) is 11.0 Å². The molecule has 0 radical (unpaired) electrons. The van der Waals surface area contributed by atoms with Crippen LogP contribution in [-0.2, 0) is 16.6 Å². The van der Waals surface area contributed by atoms with E-state index in [0.717, 1.165) is 23.9 Å². The molecule has 2 aromatic heterocycles. The first-order valence-corrected chi connectivity index (χ1v) is 9.90. The zero-order chi connectivity index (χ0) is 16.9. The first kappa shape index (κ1) is 15.7. The molecule has 1 aliphatic rings. The van der Waals surface area contributed by atoms with E-state index >= 15 is 0 Å². The lowest BCUT2D eigenvalue weighted by Crippen LogP contribution is -2.26. The largest absolute Gasteiger partial charge is 0.464 e. The number of furan rings is 1. The zero-order valence-corrected chi connectivity index (χ0v) is 15.0. The van der Waals surface area contributed by atoms with Crippen LogP contribution in [-0.4, -0.2) is 28.5 Å². The normalized spacial score (nSPS) is 20.8. The maximum Gasteiger partial charge on any atom is 0.245 e. The highest BCUT2D eigenvalue weighted by atomic mass is 32.2. The van der Waals surface area contributed by atoms with Crippen LogP contribution in [0, 0.1) is 5.92 Å². The summed E-state index contributed by atoms with van der Waals surface area (Å²) in [7, 11) is -2.11. The smallest absolute Gasteiger partial charge is 0.245 e. The van der Waals surface area contributed by atoms with Crippen molar-refractivity contribution in [3.8, 4) is 0 Å². The average Bonchev–Trinajstić information content (AvgIpc) is 2.96. The molecule has 3 aromatic rings. The fourth-order valence-electron chi connectivity index (χ4n) is 2.86. The van der Waals surface area contributed by atoms with Gasteiger partial charge in [-0.25, -0.2) is 8.42 Å². The fraction of sp³-hybridized carbons (Fsp3) is 0.375. The number of benzene rings is 1. The van der Waals surface area contributed by atoms with Crippen LogP contribution >= 0.6 is 11.7 Å². The van der Waals surface area contributed by atoms with Gasteiger partial charge in [-0.1, -0.05) is 13.0 Å². The number of hydrogen-bond donors (Lipinski definition) is 0. The Morgan fingerprint density at radius 2 is 2.08 bits per heavy atom. The molecule has 6 nitrogen and oxygen atoms in total. The van der Waals surface area contributed by atoms with Crippen molar-refractivity contribution < 1.29 is 12.8 Å². The number of nitrogens with zero attached hydrogens (tertiary/aromatic N) is 3. The van der Waals surface area contributed by atoms with Crippen molar-refractivity contribution in [2.24, 2.45) is 5.92 Å². The number of sulfonamides is 1. The first-order valence-electron chi connectivity index (χ1n) is 7.73. The van der Waals surface area contributed by atoms with Gasteiger partial charge in [0.1, 0.15) is 27.4 Å². The summed E-state index contributed by atoms with van der Waals surface area (Å²) in [5.41, 5.74) is 1.01. The number of hydrogen-bond acceptors (Lipinski definition) is 6. The third-order valence-corrected chi connectivity index (χ3v) is 6.85. The third-order valence-electron chi connectivity index (χ3n) is 4.47. The molecular formula is C16H17N3O3S2. The lowest BCUT2D eigenvalue weighted by molar-refractivity contribution is 0.390. The van der Waals surface area contributed by atoms with Crippen molar-refractivity contribution in [3.05, 3.63) is 41.9 Å². The van der Waals surface area contributed by atoms with Gasteiger partial charge in [0, 0.05) is 13.0 Å². The second kappa shape index (κ2) is 5.65. The van der Waals surface area contributed by atoms with Crippen molar-refractivity contribution in [1.82, 2.24) is 13.1 Å². The molecule has 0 aliphatic heterocycles. The van der Waals surface area contributed by atoms with Crippen molar-refractivity contribution in [1.29, 1.82) is 0 Å². The Morgan fingerprint density at radius 1 is 1.29 bits per heavy atom. The van der Waals surface area contributed by atoms with Gasteiger partial charge in [-0.2, -0.15) is 13.1 Å². The highest BCUT2D eigenvalue weighted by molar-refractivity contribution is 7.89. The van der Waals surface area contributed by atoms with Crippen LogP contribution in [0.3, 0.4) is 0 Å². The monoisotopic (exact) mass is 363 g/mol. The molecule has 2 heterocycles. The minimum atomic E-state index is -3.66. The molecule has 0 unspecified atom stereocenters. The van der Waals surface area contributed by atoms with Crippen molar-refractivity contribution in [2.75, 3.05) is 7.05 Å². The standard InChI is InChI=1S/C16H17N3O3S2/c1-10-8-12(10)14-7-6-11(22-14)9-19(2)24(20,21)15-5-3-4-13-16(15)18-23-17-13/h3-7,10,12H,8-9H2,1-2H3/t10-,12-/m0/s1. The summed E-state index contributed by atoms with van der Waals surface area (Å²) in [6.45, 7) is 2.38. The molecule has 0 amide bonds. The van der Waals surface area contributed by atoms with Gasteiger partial charge in [-0.3, -0.25) is 0 Å². The molecule has 0 spiro atoms. The highest BCUT2D eigenvalue weighted by Crippen LogP contribution is 2.47. The summed E-state index contributed by atoms with van der Waals surface area (Å²) in [5.74, 6) is 2.74. The Bertz CT molecular complexity index is 993. The quantitative estimate of drug-likeness (QED) is 0.695. The third kappa shape index (κ3) is 2.64. The summed E-state index contributed by atoms with van der Waals surface area (Å²) in [6, 6.07) is 8.82. The van der Waals surface area contributed by atoms with Gasteiger partial charge in [0.15, 0.2) is 0 Å². The minimum Gasteiger partial charge on any atom is -0.464 e. The van der Waals surface area contributed by atoms with E-state index in [1.165, 1.54) is 4.31 Å². The minimum absolute atomic E-state index is 0.179. The predicted octanol–water partition coefficient (Wildman–Crippen LogP) is 3.23. The Balaban J connectivity index is 1.60. The average molecular weight is 363 g/mol. The summed E-state index contributed by atoms with van der Waals surface area (Å²) in [6.07, 6.45) is 1.14. The molecule has 0 bridgehead atoms. The molecule has 1 aliphatic carbocycles. The molecule has 126 valence electrons. The molecule has 4 rings (SSSR count). The molecule has 24 heavy (non-hydrogen) atoms. The SMILES string of the molecule is C[C@H]1C[C@@H]1c1ccc(CN(C)S(=O)(=O)c2cccc3nsnc23)o1. The molecular weight excluding hydrogens is 346 g/mol. The summed E-state index contributed by atoms with van der Waals surface area (Å²) < 4.78 is 41.1. The first-order chi connectivity index (χ1) is 11.5. The second-order valence-corrected chi connectivity index (χ2v) is 8.81. The summed E-state index contributed by atoms with van der Waals surface area (Å²) >= 11 is 1.01. The number of rotatable bonds is 5. The van der Waals surface area contributed by atoms with Crippen LogP contribution in [0.2, 0.25) is 0 Å². The van der Waals surface area contributed by atoms with Crippen LogP contribution in [0.15, 0.2) is 39.6 Å². The number of fused-ring (bicyclic) bond motifs is 1. The van der Waals surface area contributed by atoms with E-state index in [-0.39, 0.29) is 11.4 Å². The van der Waals surface area contributed by atoms with Gasteiger partial charge in [0.05, 0.1) is 18.3 Å². The van der Waals surface area contributed by atoms with E-state index in [0.29, 0.717) is 28.6 Å². The molecule has 1 saturated carbocycles. The zero-order valence-electron chi connectivity index (χ0n) is 13.3. The lowest BCUT2D eigenvalue weighted by Gasteiger charge is -2.16. The fourth-order valence-corrected chi connectivity index (χ4v) is 4.74. The Morgan fingerprint density at radius 3 is 2.83 bits per heavy atom. The van der Waals surface area contributed by atoms with Crippen molar-refractivity contribution >= 4 is 32.8 Å². The van der Waals surface area contributed by atoms with Crippen LogP contribution in [0.1, 0.15) is 30.8 Å². The van der Waals surface area contributed by atoms with Gasteiger partial charge in [0.2, 0.25) is 10.0 Å². The Kier molecular flexibility index (Phi) is 3.70. The molecule has 2 atom stereocenters. The highest BCUT2D eigenvalue weighted by Gasteiger charge is 2.36. The predicted molar refractivity (Wildman–Crippen MR) is 91.3 cm³/mol. The van der Waals surface area contributed by atoms with Gasteiger partial charge in [-0.05, 0) is 36.6 Å². The van der Waals surface area contributed by atoms with Crippen LogP contribution in [0.5, 0.6) is 0 Å². The van der Waals surface area contributed by atoms with E-state index in [1.54, 1.807) is 25.2 Å². The van der Waals surface area contributed by atoms with Gasteiger partial charge >= 0.3 is 0 Å². The molecule has 8 heteroatoms. The van der Waals surface area contributed by atoms with Gasteiger partial charge < -0.3 is 4.42 Å². The lowest BCUT2D eigenvalue weighted by atomic mass is 10.3. The maximum absolute atomic E-state index is 12.9. The van der Waals surface area contributed by atoms with Crippen molar-refractivity contribution in [2.45, 2.75) is 30.7 Å². The Labute approximate surface area is 144 Å². The molecule has 0 saturated heterocycles. The van der Waals surface area contributed by atoms with Crippen LogP contribution < -0.4 is 0 Å². The summed E-state index contributed by atoms with van der Waals surface area (Å²) in [4.78, 5) is 0.179. The van der Waals surface area contributed by atoms with E-state index in [1.807, 2.05) is 12.1 Å². The van der Waals surface area contributed by atoms with E-state index in [4.69, 9.17) is 4.42 Å². The molecule has 0 N–H and O–H groups in total. The molecule has 1 fully saturated rings. The summed E-state index contributed by atoms with van der Waals surface area (Å²) in [5, 5.41) is 0. The van der Waals surface area contributed by atoms with Crippen LogP contribution in [0.4, 0.5) is 0 Å².